The van der Waals surface area contributed by atoms with Crippen LogP contribution in [0.4, 0.5) is 0 Å². The smallest absolute Gasteiger partial charge is 0.343 e. The van der Waals surface area contributed by atoms with E-state index in [2.05, 4.69) is 29.0 Å². The minimum atomic E-state index is -0.420. The van der Waals surface area contributed by atoms with Gasteiger partial charge in [-0.2, -0.15) is 0 Å². The molecule has 6 heteroatoms. The van der Waals surface area contributed by atoms with Crippen molar-refractivity contribution < 1.29 is 19.0 Å². The van der Waals surface area contributed by atoms with Crippen LogP contribution in [-0.2, 0) is 16.1 Å². The molecule has 0 saturated heterocycles. The Morgan fingerprint density at radius 3 is 2.03 bits per heavy atom. The second kappa shape index (κ2) is 15.4. The highest BCUT2D eigenvalue weighted by Crippen LogP contribution is 2.37. The van der Waals surface area contributed by atoms with Gasteiger partial charge in [0.05, 0.1) is 17.7 Å². The Morgan fingerprint density at radius 1 is 0.833 bits per heavy atom. The monoisotopic (exact) mass is 505 g/mol. The molecule has 0 saturated carbocycles. The number of ether oxygens (including phenoxy) is 3. The van der Waals surface area contributed by atoms with Crippen LogP contribution in [-0.4, -0.2) is 24.7 Å². The summed E-state index contributed by atoms with van der Waals surface area (Å²) < 4.78 is 16.1. The number of hydrogen-bond acceptors (Lipinski definition) is 6. The Labute approximate surface area is 218 Å². The molecule has 3 aromatic carbocycles. The van der Waals surface area contributed by atoms with Crippen LogP contribution in [0.3, 0.4) is 0 Å². The Kier molecular flexibility index (Phi) is 12.2. The lowest BCUT2D eigenvalue weighted by Gasteiger charge is -2.10. The maximum absolute atomic E-state index is 11.3. The lowest BCUT2D eigenvalue weighted by atomic mass is 10.1. The van der Waals surface area contributed by atoms with Gasteiger partial charge in [0.15, 0.2) is 6.61 Å². The number of aryl methyl sites for hydroxylation is 1. The first-order valence-corrected chi connectivity index (χ1v) is 13.0. The Hall–Kier alpha value is -3.64. The first-order valence-electron chi connectivity index (χ1n) is 12.2. The fraction of sp³-hybridized carbons (Fsp3) is 0.267. The molecule has 0 spiro atoms. The molecule has 0 atom stereocenters. The maximum atomic E-state index is 11.3. The minimum Gasteiger partial charge on any atom is -0.486 e. The number of carbonyl (C=O) groups is 1. The van der Waals surface area contributed by atoms with Crippen molar-refractivity contribution in [1.29, 1.82) is 0 Å². The fourth-order valence-electron chi connectivity index (χ4n) is 3.22. The second-order valence-electron chi connectivity index (χ2n) is 7.10. The van der Waals surface area contributed by atoms with Crippen molar-refractivity contribution in [2.45, 2.75) is 41.2 Å². The summed E-state index contributed by atoms with van der Waals surface area (Å²) in [5, 5.41) is 0.895. The lowest BCUT2D eigenvalue weighted by Crippen LogP contribution is -2.13. The van der Waals surface area contributed by atoms with Crippen molar-refractivity contribution in [2.24, 2.45) is 0 Å². The molecule has 4 rings (SSSR count). The highest BCUT2D eigenvalue weighted by Gasteiger charge is 2.15. The van der Waals surface area contributed by atoms with E-state index in [4.69, 9.17) is 14.5 Å². The van der Waals surface area contributed by atoms with Crippen LogP contribution in [0.1, 0.15) is 38.3 Å². The summed E-state index contributed by atoms with van der Waals surface area (Å²) in [6, 6.07) is 26.0. The molecule has 1 heterocycles. The Balaban J connectivity index is 0.00000109. The summed E-state index contributed by atoms with van der Waals surface area (Å²) >= 11 is 1.64. The molecule has 0 unspecified atom stereocenters. The van der Waals surface area contributed by atoms with Gasteiger partial charge in [0.2, 0.25) is 0 Å². The third kappa shape index (κ3) is 7.95. The minimum absolute atomic E-state index is 0.124. The van der Waals surface area contributed by atoms with Crippen molar-refractivity contribution in [3.63, 3.8) is 0 Å². The zero-order chi connectivity index (χ0) is 26.3. The van der Waals surface area contributed by atoms with Gasteiger partial charge in [0.25, 0.3) is 0 Å². The maximum Gasteiger partial charge on any atom is 0.343 e. The third-order valence-electron chi connectivity index (χ3n) is 4.84. The normalized spacial score (nSPS) is 9.72. The summed E-state index contributed by atoms with van der Waals surface area (Å²) in [4.78, 5) is 17.3. The summed E-state index contributed by atoms with van der Waals surface area (Å²) in [5.74, 6) is 0.914. The van der Waals surface area contributed by atoms with Crippen LogP contribution in [0.2, 0.25) is 0 Å². The standard InChI is InChI=1S/C26H23NO4S.2C2H6/c1-18-15-21(13-14-22(18)31-17-24(28)29-2)30-16-23-27-25(19-9-5-3-6-10-19)26(32-23)20-11-7-4-8-12-20;2*1-2/h3-15H,16-17H2,1-2H3;2*1-2H3. The molecule has 0 aliphatic heterocycles. The van der Waals surface area contributed by atoms with E-state index in [1.807, 2.05) is 83.1 Å². The van der Waals surface area contributed by atoms with E-state index in [-0.39, 0.29) is 6.61 Å². The number of esters is 1. The number of thiazole rings is 1. The Bertz CT molecular complexity index is 1130. The average Bonchev–Trinajstić information content (AvgIpc) is 3.39. The number of aromatic nitrogens is 1. The van der Waals surface area contributed by atoms with Crippen LogP contribution in [0, 0.1) is 6.92 Å². The summed E-state index contributed by atoms with van der Waals surface area (Å²) in [5.41, 5.74) is 4.05. The number of nitrogens with zero attached hydrogens (tertiary/aromatic N) is 1. The van der Waals surface area contributed by atoms with Crippen molar-refractivity contribution in [3.05, 3.63) is 89.4 Å². The molecule has 1 aromatic heterocycles. The summed E-state index contributed by atoms with van der Waals surface area (Å²) in [7, 11) is 1.33. The first kappa shape index (κ1) is 28.6. The molecule has 36 heavy (non-hydrogen) atoms. The van der Waals surface area contributed by atoms with Crippen LogP contribution in [0.25, 0.3) is 21.7 Å². The van der Waals surface area contributed by atoms with Crippen LogP contribution in [0.5, 0.6) is 11.5 Å². The van der Waals surface area contributed by atoms with Crippen LogP contribution >= 0.6 is 11.3 Å². The van der Waals surface area contributed by atoms with Gasteiger partial charge in [0.1, 0.15) is 23.1 Å². The Morgan fingerprint density at radius 2 is 1.44 bits per heavy atom. The molecule has 0 aliphatic rings. The van der Waals surface area contributed by atoms with Gasteiger partial charge < -0.3 is 14.2 Å². The number of hydrogen-bond donors (Lipinski definition) is 0. The summed E-state index contributed by atoms with van der Waals surface area (Å²) in [6.07, 6.45) is 0. The lowest BCUT2D eigenvalue weighted by molar-refractivity contribution is -0.142. The molecule has 0 N–H and O–H groups in total. The number of methoxy groups -OCH3 is 1. The molecule has 190 valence electrons. The third-order valence-corrected chi connectivity index (χ3v) is 5.91. The van der Waals surface area contributed by atoms with E-state index in [1.54, 1.807) is 17.4 Å². The quantitative estimate of drug-likeness (QED) is 0.227. The van der Waals surface area contributed by atoms with E-state index in [0.29, 0.717) is 18.1 Å². The molecular formula is C30H35NO4S. The molecule has 0 bridgehead atoms. The van der Waals surface area contributed by atoms with Gasteiger partial charge in [-0.15, -0.1) is 11.3 Å². The van der Waals surface area contributed by atoms with Gasteiger partial charge in [-0.1, -0.05) is 88.4 Å². The van der Waals surface area contributed by atoms with E-state index < -0.39 is 5.97 Å². The van der Waals surface area contributed by atoms with Gasteiger partial charge in [-0.05, 0) is 36.2 Å². The highest BCUT2D eigenvalue weighted by molar-refractivity contribution is 7.15. The number of benzene rings is 3. The molecular weight excluding hydrogens is 470 g/mol. The number of rotatable bonds is 8. The van der Waals surface area contributed by atoms with E-state index >= 15 is 0 Å². The molecule has 0 aliphatic carbocycles. The zero-order valence-electron chi connectivity index (χ0n) is 21.9. The average molecular weight is 506 g/mol. The highest BCUT2D eigenvalue weighted by atomic mass is 32.1. The van der Waals surface area contributed by atoms with Crippen molar-refractivity contribution in [1.82, 2.24) is 4.98 Å². The van der Waals surface area contributed by atoms with Gasteiger partial charge in [-0.3, -0.25) is 0 Å². The first-order chi connectivity index (χ1) is 17.6. The topological polar surface area (TPSA) is 57.7 Å². The van der Waals surface area contributed by atoms with E-state index in [9.17, 15) is 4.79 Å². The predicted molar refractivity (Wildman–Crippen MR) is 149 cm³/mol. The van der Waals surface area contributed by atoms with E-state index in [1.165, 1.54) is 7.11 Å². The molecule has 0 fully saturated rings. The van der Waals surface area contributed by atoms with Gasteiger partial charge >= 0.3 is 5.97 Å². The summed E-state index contributed by atoms with van der Waals surface area (Å²) in [6.45, 7) is 10.1. The van der Waals surface area contributed by atoms with Crippen molar-refractivity contribution in [3.8, 4) is 33.2 Å². The van der Waals surface area contributed by atoms with Gasteiger partial charge in [-0.25, -0.2) is 9.78 Å². The van der Waals surface area contributed by atoms with Crippen LogP contribution < -0.4 is 9.47 Å². The SMILES string of the molecule is CC.CC.COC(=O)COc1ccc(OCc2nc(-c3ccccc3)c(-c3ccccc3)s2)cc1C. The van der Waals surface area contributed by atoms with Crippen molar-refractivity contribution in [2.75, 3.05) is 13.7 Å². The fourth-order valence-corrected chi connectivity index (χ4v) is 4.22. The van der Waals surface area contributed by atoms with Crippen LogP contribution in [0.15, 0.2) is 78.9 Å². The molecule has 4 aromatic rings. The van der Waals surface area contributed by atoms with E-state index in [0.717, 1.165) is 32.3 Å². The largest absolute Gasteiger partial charge is 0.486 e. The number of carbonyl (C=O) groups excluding carboxylic acids is 1. The molecule has 5 nitrogen and oxygen atoms in total. The van der Waals surface area contributed by atoms with Crippen molar-refractivity contribution >= 4 is 17.3 Å². The molecule has 0 radical (unpaired) electrons. The van der Waals surface area contributed by atoms with Gasteiger partial charge in [0, 0.05) is 5.56 Å². The second-order valence-corrected chi connectivity index (χ2v) is 8.18. The predicted octanol–water partition coefficient (Wildman–Crippen LogP) is 7.97. The zero-order valence-corrected chi connectivity index (χ0v) is 22.7. The molecule has 0 amide bonds.